The van der Waals surface area contributed by atoms with Gasteiger partial charge in [0.1, 0.15) is 0 Å². The molecule has 19 heavy (non-hydrogen) atoms. The summed E-state index contributed by atoms with van der Waals surface area (Å²) >= 11 is 0. The highest BCUT2D eigenvalue weighted by atomic mass is 16.5. The van der Waals surface area contributed by atoms with Gasteiger partial charge in [0.25, 0.3) is 5.95 Å². The quantitative estimate of drug-likeness (QED) is 0.878. The molecule has 0 bridgehead atoms. The van der Waals surface area contributed by atoms with Crippen LogP contribution in [0.25, 0.3) is 0 Å². The Kier molecular flexibility index (Phi) is 3.98. The third-order valence-electron chi connectivity index (χ3n) is 4.16. The molecule has 106 valence electrons. The van der Waals surface area contributed by atoms with Gasteiger partial charge in [0.2, 0.25) is 5.89 Å². The summed E-state index contributed by atoms with van der Waals surface area (Å²) in [6.07, 6.45) is 5.63. The van der Waals surface area contributed by atoms with E-state index in [0.29, 0.717) is 11.9 Å². The van der Waals surface area contributed by atoms with Gasteiger partial charge < -0.3 is 19.9 Å². The van der Waals surface area contributed by atoms with Gasteiger partial charge in [-0.25, -0.2) is 0 Å². The Balaban J connectivity index is 1.60. The van der Waals surface area contributed by atoms with E-state index in [1.165, 1.54) is 19.3 Å². The van der Waals surface area contributed by atoms with Gasteiger partial charge in [0.15, 0.2) is 0 Å². The van der Waals surface area contributed by atoms with Crippen LogP contribution in [0.5, 0.6) is 0 Å². The smallest absolute Gasteiger partial charge is 0.266 e. The number of aromatic nitrogens is 2. The monoisotopic (exact) mass is 266 g/mol. The van der Waals surface area contributed by atoms with Gasteiger partial charge in [-0.05, 0) is 23.9 Å². The van der Waals surface area contributed by atoms with Crippen LogP contribution in [0.4, 0.5) is 5.95 Å². The number of anilines is 1. The second-order valence-corrected chi connectivity index (χ2v) is 5.50. The molecular formula is C13H22N4O2. The van der Waals surface area contributed by atoms with E-state index < -0.39 is 0 Å². The minimum absolute atomic E-state index is 0.285. The third kappa shape index (κ3) is 3.06. The van der Waals surface area contributed by atoms with Gasteiger partial charge in [-0.3, -0.25) is 0 Å². The first-order valence-corrected chi connectivity index (χ1v) is 7.24. The lowest BCUT2D eigenvalue weighted by atomic mass is 9.83. The Morgan fingerprint density at radius 3 is 2.79 bits per heavy atom. The molecule has 2 heterocycles. The van der Waals surface area contributed by atoms with E-state index in [4.69, 9.17) is 15.0 Å². The average molecular weight is 266 g/mol. The first-order valence-electron chi connectivity index (χ1n) is 7.24. The molecule has 0 radical (unpaired) electrons. The Bertz CT molecular complexity index is 403. The van der Waals surface area contributed by atoms with Crippen molar-refractivity contribution in [1.29, 1.82) is 0 Å². The largest absolute Gasteiger partial charge is 0.378 e. The SMILES string of the molecule is NC1CCCCC1Cc1nc(N2CCOCC2)no1. The van der Waals surface area contributed by atoms with Crippen molar-refractivity contribution in [2.24, 2.45) is 11.7 Å². The predicted octanol–water partition coefficient (Wildman–Crippen LogP) is 0.966. The summed E-state index contributed by atoms with van der Waals surface area (Å²) in [6.45, 7) is 3.14. The van der Waals surface area contributed by atoms with E-state index in [-0.39, 0.29) is 6.04 Å². The van der Waals surface area contributed by atoms with Gasteiger partial charge in [0, 0.05) is 25.6 Å². The van der Waals surface area contributed by atoms with Gasteiger partial charge in [0.05, 0.1) is 13.2 Å². The standard InChI is InChI=1S/C13H22N4O2/c14-11-4-2-1-3-10(11)9-12-15-13(16-19-12)17-5-7-18-8-6-17/h10-11H,1-9,14H2. The first-order chi connectivity index (χ1) is 9.33. The lowest BCUT2D eigenvalue weighted by Crippen LogP contribution is -2.37. The zero-order chi connectivity index (χ0) is 13.1. The molecule has 2 atom stereocenters. The molecule has 2 N–H and O–H groups in total. The molecule has 1 saturated carbocycles. The minimum atomic E-state index is 0.285. The van der Waals surface area contributed by atoms with Gasteiger partial charge in [-0.1, -0.05) is 12.8 Å². The summed E-state index contributed by atoms with van der Waals surface area (Å²) in [4.78, 5) is 6.61. The number of nitrogens with two attached hydrogens (primary N) is 1. The minimum Gasteiger partial charge on any atom is -0.378 e. The second-order valence-electron chi connectivity index (χ2n) is 5.50. The molecule has 2 aliphatic rings. The molecule has 1 aliphatic heterocycles. The highest BCUT2D eigenvalue weighted by molar-refractivity contribution is 5.28. The van der Waals surface area contributed by atoms with Crippen molar-refractivity contribution in [3.63, 3.8) is 0 Å². The van der Waals surface area contributed by atoms with E-state index in [2.05, 4.69) is 15.0 Å². The number of morpholine rings is 1. The van der Waals surface area contributed by atoms with Crippen LogP contribution < -0.4 is 10.6 Å². The number of nitrogens with zero attached hydrogens (tertiary/aromatic N) is 3. The fraction of sp³-hybridized carbons (Fsp3) is 0.846. The van der Waals surface area contributed by atoms with Crippen molar-refractivity contribution in [3.05, 3.63) is 5.89 Å². The van der Waals surface area contributed by atoms with Crippen LogP contribution in [-0.2, 0) is 11.2 Å². The van der Waals surface area contributed by atoms with Crippen LogP contribution >= 0.6 is 0 Å². The molecule has 0 aromatic carbocycles. The number of hydrogen-bond donors (Lipinski definition) is 1. The molecule has 0 amide bonds. The Morgan fingerprint density at radius 2 is 2.00 bits per heavy atom. The zero-order valence-corrected chi connectivity index (χ0v) is 11.3. The topological polar surface area (TPSA) is 77.4 Å². The number of ether oxygens (including phenoxy) is 1. The molecular weight excluding hydrogens is 244 g/mol. The van der Waals surface area contributed by atoms with Crippen molar-refractivity contribution >= 4 is 5.95 Å². The average Bonchev–Trinajstić information content (AvgIpc) is 2.91. The Labute approximate surface area is 113 Å². The number of rotatable bonds is 3. The van der Waals surface area contributed by atoms with Gasteiger partial charge in [-0.15, -0.1) is 0 Å². The van der Waals surface area contributed by atoms with Crippen LogP contribution in [0.1, 0.15) is 31.6 Å². The van der Waals surface area contributed by atoms with Crippen molar-refractivity contribution in [2.75, 3.05) is 31.2 Å². The molecule has 1 aromatic heterocycles. The van der Waals surface area contributed by atoms with E-state index >= 15 is 0 Å². The first kappa shape index (κ1) is 12.9. The van der Waals surface area contributed by atoms with Crippen LogP contribution in [-0.4, -0.2) is 42.5 Å². The van der Waals surface area contributed by atoms with Crippen molar-refractivity contribution in [2.45, 2.75) is 38.1 Å². The molecule has 1 aliphatic carbocycles. The predicted molar refractivity (Wildman–Crippen MR) is 71.0 cm³/mol. The molecule has 0 spiro atoms. The van der Waals surface area contributed by atoms with E-state index in [1.807, 2.05) is 0 Å². The maximum atomic E-state index is 6.16. The van der Waals surface area contributed by atoms with Crippen molar-refractivity contribution in [1.82, 2.24) is 10.1 Å². The van der Waals surface area contributed by atoms with E-state index in [0.717, 1.165) is 45.0 Å². The van der Waals surface area contributed by atoms with Crippen molar-refractivity contribution < 1.29 is 9.26 Å². The second kappa shape index (κ2) is 5.88. The number of hydrogen-bond acceptors (Lipinski definition) is 6. The Morgan fingerprint density at radius 1 is 1.21 bits per heavy atom. The molecule has 1 saturated heterocycles. The summed E-state index contributed by atoms with van der Waals surface area (Å²) in [6, 6.07) is 0.285. The zero-order valence-electron chi connectivity index (χ0n) is 11.3. The summed E-state index contributed by atoms with van der Waals surface area (Å²) in [7, 11) is 0. The van der Waals surface area contributed by atoms with Crippen LogP contribution in [0, 0.1) is 5.92 Å². The molecule has 2 fully saturated rings. The van der Waals surface area contributed by atoms with Gasteiger partial charge in [-0.2, -0.15) is 4.98 Å². The van der Waals surface area contributed by atoms with Crippen LogP contribution in [0.2, 0.25) is 0 Å². The highest BCUT2D eigenvalue weighted by Crippen LogP contribution is 2.26. The van der Waals surface area contributed by atoms with E-state index in [9.17, 15) is 0 Å². The summed E-state index contributed by atoms with van der Waals surface area (Å²) in [5.41, 5.74) is 6.16. The van der Waals surface area contributed by atoms with Crippen LogP contribution in [0.15, 0.2) is 4.52 Å². The highest BCUT2D eigenvalue weighted by Gasteiger charge is 2.25. The fourth-order valence-corrected chi connectivity index (χ4v) is 2.93. The van der Waals surface area contributed by atoms with Crippen molar-refractivity contribution in [3.8, 4) is 0 Å². The molecule has 6 nitrogen and oxygen atoms in total. The Hall–Kier alpha value is -1.14. The van der Waals surface area contributed by atoms with Gasteiger partial charge >= 0.3 is 0 Å². The normalized spacial score (nSPS) is 28.6. The third-order valence-corrected chi connectivity index (χ3v) is 4.16. The van der Waals surface area contributed by atoms with Crippen LogP contribution in [0.3, 0.4) is 0 Å². The summed E-state index contributed by atoms with van der Waals surface area (Å²) in [5, 5.41) is 4.07. The summed E-state index contributed by atoms with van der Waals surface area (Å²) < 4.78 is 10.7. The van der Waals surface area contributed by atoms with E-state index in [1.54, 1.807) is 0 Å². The fourth-order valence-electron chi connectivity index (χ4n) is 2.93. The lowest BCUT2D eigenvalue weighted by Gasteiger charge is -2.27. The molecule has 2 unspecified atom stereocenters. The molecule has 6 heteroatoms. The maximum Gasteiger partial charge on any atom is 0.266 e. The lowest BCUT2D eigenvalue weighted by molar-refractivity contribution is 0.121. The molecule has 1 aromatic rings. The molecule has 3 rings (SSSR count). The summed E-state index contributed by atoms with van der Waals surface area (Å²) in [5.74, 6) is 1.92. The maximum absolute atomic E-state index is 6.16.